The summed E-state index contributed by atoms with van der Waals surface area (Å²) in [5, 5.41) is 29.6. The first-order valence-electron chi connectivity index (χ1n) is 7.02. The Kier molecular flexibility index (Phi) is 6.06. The first kappa shape index (κ1) is 17.2. The van der Waals surface area contributed by atoms with Crippen LogP contribution in [-0.4, -0.2) is 26.6 Å². The summed E-state index contributed by atoms with van der Waals surface area (Å²) in [5.41, 5.74) is 2.95. The van der Waals surface area contributed by atoms with Crippen LogP contribution >= 0.6 is 11.8 Å². The zero-order chi connectivity index (χ0) is 17.4. The maximum absolute atomic E-state index is 12.3. The zero-order valence-electron chi connectivity index (χ0n) is 12.8. The lowest BCUT2D eigenvalue weighted by atomic mass is 10.1. The minimum Gasteiger partial charge on any atom is -0.298 e. The Labute approximate surface area is 142 Å². The summed E-state index contributed by atoms with van der Waals surface area (Å²) in [7, 11) is 0. The number of aromatic amines is 1. The summed E-state index contributed by atoms with van der Waals surface area (Å²) < 4.78 is 0. The van der Waals surface area contributed by atoms with Crippen LogP contribution in [-0.2, 0) is 0 Å². The standard InChI is InChI=1S/C15H13N7OS/c1-2-7-24-15-18-14(23)13(21-22-15)11-5-3-4-6-12(11)20-19-10(8-16)9-17/h3-6,20H,2,7H2,1H3,(H,18,22,23). The van der Waals surface area contributed by atoms with E-state index < -0.39 is 0 Å². The fourth-order valence-electron chi connectivity index (χ4n) is 1.74. The molecule has 0 radical (unpaired) electrons. The Morgan fingerprint density at radius 3 is 2.75 bits per heavy atom. The maximum atomic E-state index is 12.3. The van der Waals surface area contributed by atoms with Crippen molar-refractivity contribution in [3.63, 3.8) is 0 Å². The normalized spacial score (nSPS) is 9.62. The van der Waals surface area contributed by atoms with Gasteiger partial charge >= 0.3 is 0 Å². The minimum absolute atomic E-state index is 0.129. The van der Waals surface area contributed by atoms with Gasteiger partial charge < -0.3 is 0 Å². The van der Waals surface area contributed by atoms with Crippen LogP contribution in [0.15, 0.2) is 39.3 Å². The quantitative estimate of drug-likeness (QED) is 0.468. The lowest BCUT2D eigenvalue weighted by Gasteiger charge is -2.07. The summed E-state index contributed by atoms with van der Waals surface area (Å²) in [5.74, 6) is 0.835. The third-order valence-electron chi connectivity index (χ3n) is 2.80. The Balaban J connectivity index is 2.37. The monoisotopic (exact) mass is 339 g/mol. The number of hydrazone groups is 1. The molecule has 1 aromatic heterocycles. The molecule has 0 saturated carbocycles. The number of rotatable bonds is 6. The smallest absolute Gasteiger partial charge is 0.278 e. The van der Waals surface area contributed by atoms with E-state index in [0.717, 1.165) is 12.2 Å². The van der Waals surface area contributed by atoms with Crippen LogP contribution in [0, 0.1) is 22.7 Å². The molecule has 8 nitrogen and oxygen atoms in total. The molecule has 9 heteroatoms. The summed E-state index contributed by atoms with van der Waals surface area (Å²) in [6, 6.07) is 10.1. The van der Waals surface area contributed by atoms with Gasteiger partial charge in [0.05, 0.1) is 5.69 Å². The highest BCUT2D eigenvalue weighted by atomic mass is 32.2. The second-order valence-electron chi connectivity index (χ2n) is 4.50. The molecule has 0 amide bonds. The zero-order valence-corrected chi connectivity index (χ0v) is 13.6. The first-order chi connectivity index (χ1) is 11.7. The third kappa shape index (κ3) is 4.18. The maximum Gasteiger partial charge on any atom is 0.278 e. The SMILES string of the molecule is CCCSc1nnc(-c2ccccc2NN=C(C#N)C#N)c(=O)[nH]1. The highest BCUT2D eigenvalue weighted by Gasteiger charge is 2.12. The van der Waals surface area contributed by atoms with Crippen LogP contribution in [0.25, 0.3) is 11.3 Å². The molecule has 2 N–H and O–H groups in total. The van der Waals surface area contributed by atoms with Crippen LogP contribution < -0.4 is 11.0 Å². The molecule has 0 atom stereocenters. The van der Waals surface area contributed by atoms with E-state index in [1.807, 2.05) is 6.92 Å². The topological polar surface area (TPSA) is 131 Å². The van der Waals surface area contributed by atoms with Crippen LogP contribution in [0.3, 0.4) is 0 Å². The van der Waals surface area contributed by atoms with E-state index in [2.05, 4.69) is 25.7 Å². The van der Waals surface area contributed by atoms with E-state index >= 15 is 0 Å². The summed E-state index contributed by atoms with van der Waals surface area (Å²) in [6.45, 7) is 2.03. The van der Waals surface area contributed by atoms with Gasteiger partial charge in [0.15, 0.2) is 10.9 Å². The molecule has 2 rings (SSSR count). The van der Waals surface area contributed by atoms with E-state index in [4.69, 9.17) is 10.5 Å². The molecule has 24 heavy (non-hydrogen) atoms. The van der Waals surface area contributed by atoms with Gasteiger partial charge in [-0.1, -0.05) is 36.9 Å². The second-order valence-corrected chi connectivity index (χ2v) is 5.58. The number of thioether (sulfide) groups is 1. The lowest BCUT2D eigenvalue weighted by molar-refractivity contribution is 0.823. The van der Waals surface area contributed by atoms with Crippen molar-refractivity contribution in [2.75, 3.05) is 11.2 Å². The molecule has 0 aliphatic rings. The number of nitriles is 2. The second kappa shape index (κ2) is 8.46. The first-order valence-corrected chi connectivity index (χ1v) is 8.01. The van der Waals surface area contributed by atoms with E-state index in [-0.39, 0.29) is 17.0 Å². The summed E-state index contributed by atoms with van der Waals surface area (Å²) in [6.07, 6.45) is 0.959. The van der Waals surface area contributed by atoms with Gasteiger partial charge in [-0.15, -0.1) is 10.2 Å². The predicted molar refractivity (Wildman–Crippen MR) is 91.4 cm³/mol. The number of nitrogens with one attached hydrogen (secondary N) is 2. The third-order valence-corrected chi connectivity index (χ3v) is 3.87. The summed E-state index contributed by atoms with van der Waals surface area (Å²) in [4.78, 5) is 15.0. The largest absolute Gasteiger partial charge is 0.298 e. The van der Waals surface area contributed by atoms with Gasteiger partial charge in [-0.3, -0.25) is 15.2 Å². The molecule has 0 bridgehead atoms. The van der Waals surface area contributed by atoms with Crippen molar-refractivity contribution in [2.45, 2.75) is 18.5 Å². The van der Waals surface area contributed by atoms with Crippen LogP contribution in [0.5, 0.6) is 0 Å². The van der Waals surface area contributed by atoms with Crippen molar-refractivity contribution in [3.8, 4) is 23.4 Å². The number of benzene rings is 1. The minimum atomic E-state index is -0.373. The van der Waals surface area contributed by atoms with Gasteiger partial charge in [0, 0.05) is 11.3 Å². The molecular formula is C15H13N7OS. The van der Waals surface area contributed by atoms with Gasteiger partial charge in [-0.05, 0) is 12.5 Å². The number of para-hydroxylation sites is 1. The average Bonchev–Trinajstić information content (AvgIpc) is 2.61. The highest BCUT2D eigenvalue weighted by Crippen LogP contribution is 2.24. The average molecular weight is 339 g/mol. The number of aromatic nitrogens is 3. The van der Waals surface area contributed by atoms with Gasteiger partial charge in [0.25, 0.3) is 5.56 Å². The van der Waals surface area contributed by atoms with Crippen molar-refractivity contribution >= 4 is 23.2 Å². The van der Waals surface area contributed by atoms with Crippen molar-refractivity contribution in [1.82, 2.24) is 15.2 Å². The van der Waals surface area contributed by atoms with Gasteiger partial charge in [0.1, 0.15) is 12.1 Å². The van der Waals surface area contributed by atoms with Crippen molar-refractivity contribution in [3.05, 3.63) is 34.6 Å². The van der Waals surface area contributed by atoms with Gasteiger partial charge in [-0.2, -0.15) is 15.6 Å². The summed E-state index contributed by atoms with van der Waals surface area (Å²) >= 11 is 1.42. The molecule has 120 valence electrons. The molecule has 0 saturated heterocycles. The number of anilines is 1. The van der Waals surface area contributed by atoms with E-state index in [0.29, 0.717) is 16.4 Å². The molecule has 0 spiro atoms. The molecule has 2 aromatic rings. The number of H-pyrrole nitrogens is 1. The van der Waals surface area contributed by atoms with E-state index in [9.17, 15) is 4.79 Å². The molecule has 1 aromatic carbocycles. The lowest BCUT2D eigenvalue weighted by Crippen LogP contribution is -2.15. The number of hydrogen-bond acceptors (Lipinski definition) is 8. The highest BCUT2D eigenvalue weighted by molar-refractivity contribution is 7.99. The van der Waals surface area contributed by atoms with Gasteiger partial charge in [-0.25, -0.2) is 0 Å². The van der Waals surface area contributed by atoms with Gasteiger partial charge in [0.2, 0.25) is 5.71 Å². The van der Waals surface area contributed by atoms with Crippen LogP contribution in [0.4, 0.5) is 5.69 Å². The molecule has 0 aliphatic carbocycles. The van der Waals surface area contributed by atoms with Crippen molar-refractivity contribution < 1.29 is 0 Å². The van der Waals surface area contributed by atoms with Crippen LogP contribution in [0.1, 0.15) is 13.3 Å². The van der Waals surface area contributed by atoms with E-state index in [1.54, 1.807) is 36.4 Å². The number of hydrogen-bond donors (Lipinski definition) is 2. The molecule has 1 heterocycles. The van der Waals surface area contributed by atoms with Crippen LogP contribution in [0.2, 0.25) is 0 Å². The van der Waals surface area contributed by atoms with Crippen molar-refractivity contribution in [2.24, 2.45) is 5.10 Å². The van der Waals surface area contributed by atoms with Crippen molar-refractivity contribution in [1.29, 1.82) is 10.5 Å². The molecular weight excluding hydrogens is 326 g/mol. The molecule has 0 fully saturated rings. The Morgan fingerprint density at radius 1 is 1.33 bits per heavy atom. The molecule has 0 aliphatic heterocycles. The predicted octanol–water partition coefficient (Wildman–Crippen LogP) is 2.15. The fourth-order valence-corrected chi connectivity index (χ4v) is 2.40. The van der Waals surface area contributed by atoms with E-state index in [1.165, 1.54) is 11.8 Å². The number of nitrogens with zero attached hydrogens (tertiary/aromatic N) is 5. The Hall–Kier alpha value is -3.17. The fraction of sp³-hybridized carbons (Fsp3) is 0.200. The Bertz CT molecular complexity index is 876. The Morgan fingerprint density at radius 2 is 2.08 bits per heavy atom. The molecule has 0 unspecified atom stereocenters.